The number of methoxy groups -OCH3 is 1. The third-order valence-electron chi connectivity index (χ3n) is 4.22. The van der Waals surface area contributed by atoms with E-state index in [1.807, 2.05) is 23.9 Å². The normalized spacial score (nSPS) is 17.9. The summed E-state index contributed by atoms with van der Waals surface area (Å²) in [4.78, 5) is 0. The molecule has 20 heavy (non-hydrogen) atoms. The molecule has 0 amide bonds. The summed E-state index contributed by atoms with van der Waals surface area (Å²) < 4.78 is 19.4. The van der Waals surface area contributed by atoms with E-state index in [9.17, 15) is 4.39 Å². The van der Waals surface area contributed by atoms with Crippen LogP contribution in [0.4, 0.5) is 4.39 Å². The summed E-state index contributed by atoms with van der Waals surface area (Å²) in [6.45, 7) is 1.51. The van der Waals surface area contributed by atoms with Gasteiger partial charge in [-0.2, -0.15) is 11.8 Å². The van der Waals surface area contributed by atoms with Crippen LogP contribution in [0.15, 0.2) is 18.2 Å². The zero-order valence-corrected chi connectivity index (χ0v) is 13.2. The minimum absolute atomic E-state index is 0.246. The van der Waals surface area contributed by atoms with Gasteiger partial charge in [-0.3, -0.25) is 0 Å². The van der Waals surface area contributed by atoms with Crippen molar-refractivity contribution in [3.05, 3.63) is 29.6 Å². The Hall–Kier alpha value is -0.740. The van der Waals surface area contributed by atoms with Crippen molar-refractivity contribution in [2.45, 2.75) is 43.4 Å². The van der Waals surface area contributed by atoms with Crippen LogP contribution in [0, 0.1) is 5.82 Å². The van der Waals surface area contributed by atoms with Crippen molar-refractivity contribution < 1.29 is 9.13 Å². The van der Waals surface area contributed by atoms with Gasteiger partial charge in [0.2, 0.25) is 0 Å². The highest BCUT2D eigenvalue weighted by atomic mass is 32.2. The molecule has 1 aliphatic carbocycles. The Kier molecular flexibility index (Phi) is 5.73. The van der Waals surface area contributed by atoms with Crippen LogP contribution < -0.4 is 10.1 Å². The molecule has 112 valence electrons. The molecule has 1 aliphatic rings. The lowest BCUT2D eigenvalue weighted by Crippen LogP contribution is -2.39. The molecule has 1 aromatic rings. The van der Waals surface area contributed by atoms with Crippen molar-refractivity contribution in [3.8, 4) is 5.75 Å². The van der Waals surface area contributed by atoms with Gasteiger partial charge in [0.25, 0.3) is 0 Å². The van der Waals surface area contributed by atoms with Gasteiger partial charge in [0.1, 0.15) is 0 Å². The largest absolute Gasteiger partial charge is 0.494 e. The molecule has 1 saturated carbocycles. The fourth-order valence-electron chi connectivity index (χ4n) is 2.92. The molecule has 0 spiro atoms. The van der Waals surface area contributed by atoms with Crippen LogP contribution in [0.5, 0.6) is 5.75 Å². The summed E-state index contributed by atoms with van der Waals surface area (Å²) in [6.07, 6.45) is 8.71. The number of thioether (sulfide) groups is 1. The van der Waals surface area contributed by atoms with E-state index in [-0.39, 0.29) is 5.82 Å². The Labute approximate surface area is 125 Å². The Morgan fingerprint density at radius 2 is 2.05 bits per heavy atom. The maximum Gasteiger partial charge on any atom is 0.169 e. The number of ether oxygens (including phenoxy) is 1. The van der Waals surface area contributed by atoms with E-state index < -0.39 is 0 Å². The summed E-state index contributed by atoms with van der Waals surface area (Å²) in [7, 11) is 1.50. The topological polar surface area (TPSA) is 21.3 Å². The van der Waals surface area contributed by atoms with Gasteiger partial charge in [0.15, 0.2) is 11.6 Å². The van der Waals surface area contributed by atoms with E-state index in [0.29, 0.717) is 22.6 Å². The molecule has 1 N–H and O–H groups in total. The van der Waals surface area contributed by atoms with Gasteiger partial charge in [-0.25, -0.2) is 4.39 Å². The Morgan fingerprint density at radius 1 is 1.30 bits per heavy atom. The van der Waals surface area contributed by atoms with E-state index >= 15 is 0 Å². The fraction of sp³-hybridized carbons (Fsp3) is 0.625. The zero-order chi connectivity index (χ0) is 14.4. The van der Waals surface area contributed by atoms with Crippen molar-refractivity contribution in [1.82, 2.24) is 5.32 Å². The van der Waals surface area contributed by atoms with Gasteiger partial charge >= 0.3 is 0 Å². The maximum absolute atomic E-state index is 14.0. The van der Waals surface area contributed by atoms with Crippen LogP contribution in [-0.4, -0.2) is 24.7 Å². The molecule has 0 radical (unpaired) electrons. The molecule has 0 aliphatic heterocycles. The molecule has 0 aromatic heterocycles. The Morgan fingerprint density at radius 3 is 2.70 bits per heavy atom. The number of rotatable bonds is 6. The first-order chi connectivity index (χ1) is 9.71. The van der Waals surface area contributed by atoms with Crippen LogP contribution in [0.25, 0.3) is 0 Å². The molecular weight excluding hydrogens is 273 g/mol. The molecule has 0 unspecified atom stereocenters. The van der Waals surface area contributed by atoms with Gasteiger partial charge in [-0.05, 0) is 25.2 Å². The van der Waals surface area contributed by atoms with E-state index in [1.54, 1.807) is 6.07 Å². The highest BCUT2D eigenvalue weighted by Crippen LogP contribution is 2.38. The van der Waals surface area contributed by atoms with Gasteiger partial charge in [-0.1, -0.05) is 31.4 Å². The van der Waals surface area contributed by atoms with Crippen LogP contribution in [-0.2, 0) is 6.54 Å². The van der Waals surface area contributed by atoms with Gasteiger partial charge < -0.3 is 10.1 Å². The fourth-order valence-corrected chi connectivity index (χ4v) is 3.87. The van der Waals surface area contributed by atoms with Crippen LogP contribution in [0.2, 0.25) is 0 Å². The molecule has 0 atom stereocenters. The number of benzene rings is 1. The van der Waals surface area contributed by atoms with Crippen molar-refractivity contribution in [1.29, 1.82) is 0 Å². The van der Waals surface area contributed by atoms with E-state index in [0.717, 1.165) is 6.54 Å². The molecule has 1 aromatic carbocycles. The summed E-state index contributed by atoms with van der Waals surface area (Å²) in [5, 5.41) is 3.44. The van der Waals surface area contributed by atoms with Gasteiger partial charge in [0, 0.05) is 23.4 Å². The highest BCUT2D eigenvalue weighted by Gasteiger charge is 2.30. The first-order valence-electron chi connectivity index (χ1n) is 7.28. The number of halogens is 1. The van der Waals surface area contributed by atoms with Crippen molar-refractivity contribution in [2.75, 3.05) is 19.9 Å². The average Bonchev–Trinajstić information content (AvgIpc) is 2.50. The van der Waals surface area contributed by atoms with Gasteiger partial charge in [0.05, 0.1) is 7.11 Å². The van der Waals surface area contributed by atoms with Crippen molar-refractivity contribution >= 4 is 11.8 Å². The molecule has 2 nitrogen and oxygen atoms in total. The first-order valence-corrected chi connectivity index (χ1v) is 8.50. The van der Waals surface area contributed by atoms with Crippen LogP contribution in [0.3, 0.4) is 0 Å². The SMILES string of the molecule is COc1cccc(CNCC2(SC)CCCCC2)c1F. The van der Waals surface area contributed by atoms with E-state index in [1.165, 1.54) is 39.2 Å². The molecular formula is C16H24FNOS. The summed E-state index contributed by atoms with van der Waals surface area (Å²) >= 11 is 1.96. The maximum atomic E-state index is 14.0. The van der Waals surface area contributed by atoms with Crippen molar-refractivity contribution in [3.63, 3.8) is 0 Å². The zero-order valence-electron chi connectivity index (χ0n) is 12.4. The lowest BCUT2D eigenvalue weighted by Gasteiger charge is -2.36. The average molecular weight is 297 g/mol. The van der Waals surface area contributed by atoms with Crippen molar-refractivity contribution in [2.24, 2.45) is 0 Å². The number of nitrogens with one attached hydrogen (secondary N) is 1. The summed E-state index contributed by atoms with van der Waals surface area (Å²) in [6, 6.07) is 5.31. The standard InChI is InChI=1S/C16H24FNOS/c1-19-14-8-6-7-13(15(14)17)11-18-12-16(20-2)9-4-3-5-10-16/h6-8,18H,3-5,9-12H2,1-2H3. The lowest BCUT2D eigenvalue weighted by molar-refractivity contribution is 0.372. The second-order valence-electron chi connectivity index (χ2n) is 5.48. The highest BCUT2D eigenvalue weighted by molar-refractivity contribution is 8.00. The van der Waals surface area contributed by atoms with Gasteiger partial charge in [-0.15, -0.1) is 0 Å². The quantitative estimate of drug-likeness (QED) is 0.858. The molecule has 4 heteroatoms. The first kappa shape index (κ1) is 15.6. The molecule has 0 bridgehead atoms. The molecule has 0 saturated heterocycles. The summed E-state index contributed by atoms with van der Waals surface area (Å²) in [5.41, 5.74) is 0.677. The Balaban J connectivity index is 1.92. The second-order valence-corrected chi connectivity index (χ2v) is 6.76. The van der Waals surface area contributed by atoms with E-state index in [4.69, 9.17) is 4.74 Å². The predicted octanol–water partition coefficient (Wildman–Crippen LogP) is 3.99. The van der Waals surface area contributed by atoms with Crippen LogP contribution in [0.1, 0.15) is 37.7 Å². The second kappa shape index (κ2) is 7.32. The third-order valence-corrected chi connectivity index (χ3v) is 5.64. The van der Waals surface area contributed by atoms with Crippen LogP contribution >= 0.6 is 11.8 Å². The smallest absolute Gasteiger partial charge is 0.169 e. The summed E-state index contributed by atoms with van der Waals surface area (Å²) in [5.74, 6) is 0.0749. The lowest BCUT2D eigenvalue weighted by atomic mass is 9.88. The molecule has 1 fully saturated rings. The number of hydrogen-bond donors (Lipinski definition) is 1. The molecule has 0 heterocycles. The third kappa shape index (κ3) is 3.67. The monoisotopic (exact) mass is 297 g/mol. The Bertz CT molecular complexity index is 432. The number of hydrogen-bond acceptors (Lipinski definition) is 3. The van der Waals surface area contributed by atoms with E-state index in [2.05, 4.69) is 11.6 Å². The minimum Gasteiger partial charge on any atom is -0.494 e. The predicted molar refractivity (Wildman–Crippen MR) is 84.0 cm³/mol. The molecule has 2 rings (SSSR count). The minimum atomic E-state index is -0.246.